The third kappa shape index (κ3) is 18.9. The number of aryl methyl sites for hydroxylation is 14. The van der Waals surface area contributed by atoms with E-state index in [4.69, 9.17) is 24.9 Å². The van der Waals surface area contributed by atoms with Gasteiger partial charge in [0.15, 0.2) is 27.6 Å². The van der Waals surface area contributed by atoms with Crippen molar-refractivity contribution < 1.29 is 22.8 Å². The first-order valence-electron chi connectivity index (χ1n) is 39.9. The normalized spacial score (nSPS) is 11.3. The number of fused-ring (bicyclic) bond motifs is 5. The molecule has 0 aliphatic rings. The monoisotopic (exact) mass is 1480 g/mol. The summed E-state index contributed by atoms with van der Waals surface area (Å²) in [5.41, 5.74) is 34.4. The van der Waals surface area contributed by atoms with E-state index in [-0.39, 0.29) is 0 Å². The first-order chi connectivity index (χ1) is 53.2. The van der Waals surface area contributed by atoms with E-state index in [9.17, 15) is 0 Å². The van der Waals surface area contributed by atoms with Gasteiger partial charge in [-0.3, -0.25) is 0 Å². The lowest BCUT2D eigenvalue weighted by Gasteiger charge is -2.11. The number of pyridine rings is 1. The van der Waals surface area contributed by atoms with Gasteiger partial charge >= 0.3 is 29.1 Å². The van der Waals surface area contributed by atoms with Crippen molar-refractivity contribution in [3.05, 3.63) is 289 Å². The Morgan fingerprint density at radius 1 is 0.286 bits per heavy atom. The number of nitrogens with zero attached hydrogens (tertiary/aromatic N) is 11. The molecule has 15 rings (SSSR count). The van der Waals surface area contributed by atoms with Crippen LogP contribution in [-0.2, 0) is 48.1 Å². The van der Waals surface area contributed by atoms with Gasteiger partial charge in [0.1, 0.15) is 31.0 Å². The molecule has 11 heteroatoms. The van der Waals surface area contributed by atoms with Crippen LogP contribution in [0.15, 0.2) is 195 Å². The standard InChI is InChI=1S/C22H27N2.2C21H25N2.C19H22N3.C18H19N2/c1-14(2)9-18-7-8-19-13-24(6)22(23-21(19)12-18)20-11-15(3)10-16(4)17(20)5;1-13(2)17-7-8-18-12-23(6)21(22-20(18)11-17)19-10-14(3)9-15(4)16(19)5;1-13(2)17-8-7-9-20-19(17)12-23(6)21(22-20)18-11-14(3)10-15(4)16(18)5;1-13(2)9-15-10-17-18(20-11-15)12-22(4)19(21-17)16-8-6-5-7-14(16)3;1-12-9-13(2)14(3)16(10-12)18-19-17-8-6-5-7-15(17)11-20(18)4/h7-8,10-14H,9H2,1-6H3;2*7-13H,1-6H3;5-8,10-13H,9H2,1-4H3;5-11H,1-4H3/q5*+1. The van der Waals surface area contributed by atoms with Gasteiger partial charge in [-0.1, -0.05) is 134 Å². The molecule has 6 heterocycles. The zero-order valence-corrected chi connectivity index (χ0v) is 71.6. The van der Waals surface area contributed by atoms with Gasteiger partial charge in [-0.15, -0.1) is 0 Å². The molecule has 15 aromatic rings. The predicted molar refractivity (Wildman–Crippen MR) is 466 cm³/mol. The Morgan fingerprint density at radius 2 is 0.670 bits per heavy atom. The molecule has 0 atom stereocenters. The highest BCUT2D eigenvalue weighted by Crippen LogP contribution is 2.32. The third-order valence-electron chi connectivity index (χ3n) is 21.8. The smallest absolute Gasteiger partial charge is 0.248 e. The highest BCUT2D eigenvalue weighted by Gasteiger charge is 2.26. The van der Waals surface area contributed by atoms with Crippen molar-refractivity contribution in [2.24, 2.45) is 47.1 Å². The number of hydrogen-bond donors (Lipinski definition) is 0. The fourth-order valence-corrected chi connectivity index (χ4v) is 15.2. The molecule has 0 saturated heterocycles. The van der Waals surface area contributed by atoms with Crippen LogP contribution in [0.1, 0.15) is 162 Å². The van der Waals surface area contributed by atoms with Crippen LogP contribution < -0.4 is 22.8 Å². The average molecular weight is 1490 g/mol. The van der Waals surface area contributed by atoms with Gasteiger partial charge in [0, 0.05) is 6.20 Å². The Kier molecular flexibility index (Phi) is 25.6. The molecule has 0 spiro atoms. The molecule has 0 N–H and O–H groups in total. The molecular formula is C101H118N11+5. The minimum Gasteiger partial charge on any atom is -0.248 e. The lowest BCUT2D eigenvalue weighted by molar-refractivity contribution is -0.661. The first kappa shape index (κ1) is 81.8. The Labute approximate surface area is 667 Å². The molecule has 112 heavy (non-hydrogen) atoms. The van der Waals surface area contributed by atoms with Crippen LogP contribution in [0, 0.1) is 102 Å². The second-order valence-corrected chi connectivity index (χ2v) is 33.0. The summed E-state index contributed by atoms with van der Waals surface area (Å²) >= 11 is 0. The molecule has 0 bridgehead atoms. The van der Waals surface area contributed by atoms with E-state index in [1.165, 1.54) is 144 Å². The summed E-state index contributed by atoms with van der Waals surface area (Å²) in [5.74, 6) is 7.38. The van der Waals surface area contributed by atoms with Crippen LogP contribution >= 0.6 is 0 Å². The van der Waals surface area contributed by atoms with Crippen molar-refractivity contribution in [2.75, 3.05) is 0 Å². The highest BCUT2D eigenvalue weighted by molar-refractivity contribution is 5.84. The summed E-state index contributed by atoms with van der Waals surface area (Å²) in [6.07, 6.45) is 14.9. The minimum atomic E-state index is 0.495. The van der Waals surface area contributed by atoms with Crippen LogP contribution in [-0.4, -0.2) is 29.9 Å². The summed E-state index contributed by atoms with van der Waals surface area (Å²) in [6.45, 7) is 46.0. The van der Waals surface area contributed by atoms with Crippen LogP contribution in [0.2, 0.25) is 0 Å². The summed E-state index contributed by atoms with van der Waals surface area (Å²) in [6, 6.07) is 56.3. The third-order valence-corrected chi connectivity index (χ3v) is 21.8. The van der Waals surface area contributed by atoms with Crippen molar-refractivity contribution in [1.29, 1.82) is 0 Å². The molecule has 0 amide bonds. The van der Waals surface area contributed by atoms with Gasteiger partial charge in [0.2, 0.25) is 5.52 Å². The molecule has 572 valence electrons. The topological polar surface area (TPSA) is 96.7 Å². The second-order valence-electron chi connectivity index (χ2n) is 33.0. The van der Waals surface area contributed by atoms with Crippen molar-refractivity contribution >= 4 is 54.6 Å². The quantitative estimate of drug-likeness (QED) is 0.120. The Bertz CT molecular complexity index is 5960. The number of hydrogen-bond acceptors (Lipinski definition) is 6. The van der Waals surface area contributed by atoms with Gasteiger partial charge < -0.3 is 0 Å². The van der Waals surface area contributed by atoms with Crippen LogP contribution in [0.3, 0.4) is 0 Å². The summed E-state index contributed by atoms with van der Waals surface area (Å²) in [4.78, 5) is 29.3. The van der Waals surface area contributed by atoms with Gasteiger partial charge in [-0.2, -0.15) is 0 Å². The summed E-state index contributed by atoms with van der Waals surface area (Å²) < 4.78 is 10.6. The molecule has 0 unspecified atom stereocenters. The fraction of sp³-hybridized carbons (Fsp3) is 0.317. The van der Waals surface area contributed by atoms with Gasteiger partial charge in [0.25, 0.3) is 0 Å². The van der Waals surface area contributed by atoms with Gasteiger partial charge in [0.05, 0.1) is 84.6 Å². The van der Waals surface area contributed by atoms with Crippen molar-refractivity contribution in [1.82, 2.24) is 29.9 Å². The first-order valence-corrected chi connectivity index (χ1v) is 39.9. The Morgan fingerprint density at radius 3 is 1.15 bits per heavy atom. The van der Waals surface area contributed by atoms with Crippen molar-refractivity contribution in [2.45, 2.75) is 170 Å². The van der Waals surface area contributed by atoms with E-state index in [1.54, 1.807) is 0 Å². The molecular weight excluding hydrogens is 1370 g/mol. The zero-order chi connectivity index (χ0) is 80.8. The van der Waals surface area contributed by atoms with E-state index in [0.29, 0.717) is 23.7 Å². The molecule has 0 aliphatic heterocycles. The van der Waals surface area contributed by atoms with Crippen molar-refractivity contribution in [3.63, 3.8) is 0 Å². The minimum absolute atomic E-state index is 0.495. The Balaban J connectivity index is 0.000000139. The maximum absolute atomic E-state index is 5.02. The predicted octanol–water partition coefficient (Wildman–Crippen LogP) is 21.7. The van der Waals surface area contributed by atoms with E-state index in [0.717, 1.165) is 75.1 Å². The molecule has 9 aromatic carbocycles. The van der Waals surface area contributed by atoms with Gasteiger partial charge in [-0.05, 0) is 325 Å². The van der Waals surface area contributed by atoms with E-state index in [2.05, 4.69) is 378 Å². The van der Waals surface area contributed by atoms with Crippen LogP contribution in [0.5, 0.6) is 0 Å². The largest absolute Gasteiger partial charge is 0.331 e. The van der Waals surface area contributed by atoms with Crippen molar-refractivity contribution in [3.8, 4) is 56.9 Å². The maximum Gasteiger partial charge on any atom is 0.331 e. The van der Waals surface area contributed by atoms with Crippen LogP contribution in [0.25, 0.3) is 112 Å². The molecule has 11 nitrogen and oxygen atoms in total. The number of rotatable bonds is 11. The molecule has 6 aromatic heterocycles. The molecule has 0 saturated carbocycles. The highest BCUT2D eigenvalue weighted by atomic mass is 15.0. The van der Waals surface area contributed by atoms with Gasteiger partial charge in [-0.25, -0.2) is 27.8 Å². The van der Waals surface area contributed by atoms with E-state index in [1.807, 2.05) is 25.4 Å². The van der Waals surface area contributed by atoms with E-state index < -0.39 is 0 Å². The second kappa shape index (κ2) is 35.0. The van der Waals surface area contributed by atoms with Crippen LogP contribution in [0.4, 0.5) is 0 Å². The SMILES string of the molecule is Cc1cc(C)c(C)c(-c2nc3cc(C(C)C)ccc3c[n+]2C)c1.Cc1cc(C)c(C)c(-c2nc3cc(CC(C)C)ccc3c[n+]2C)c1.Cc1cc(C)c(C)c(-c2nc3cccc(C(C)C)c3c[n+]2C)c1.Cc1cc(C)c(C)c(-c2nc3ccccc3c[n+]2C)c1.Cc1ccccc1-c1nc2cc(CC(C)C)cnc2c[n+]1C. The molecule has 0 fully saturated rings. The molecule has 0 radical (unpaired) electrons. The lowest BCUT2D eigenvalue weighted by Crippen LogP contribution is -2.32. The number of para-hydroxylation sites is 1. The summed E-state index contributed by atoms with van der Waals surface area (Å²) in [5, 5.41) is 4.79. The molecule has 0 aliphatic carbocycles. The average Bonchev–Trinajstić information content (AvgIpc) is 0.849. The number of benzene rings is 9. The lowest BCUT2D eigenvalue weighted by atomic mass is 9.97. The maximum atomic E-state index is 5.02. The summed E-state index contributed by atoms with van der Waals surface area (Å²) in [7, 11) is 10.3. The number of aromatic nitrogens is 11. The zero-order valence-electron chi connectivity index (χ0n) is 71.6. The van der Waals surface area contributed by atoms with E-state index >= 15 is 0 Å². The Hall–Kier alpha value is -11.2. The fourth-order valence-electron chi connectivity index (χ4n) is 15.2.